The Balaban J connectivity index is 2.12. The molecule has 0 saturated carbocycles. The summed E-state index contributed by atoms with van der Waals surface area (Å²) in [5, 5.41) is 12.2. The SMILES string of the molecule is COc1cccc(CC(C#N)C(=O)Nc2cccc(C)c2C)c1. The molecule has 4 heteroatoms. The maximum atomic E-state index is 12.4. The van der Waals surface area contributed by atoms with Crippen molar-refractivity contribution in [2.75, 3.05) is 12.4 Å². The Morgan fingerprint density at radius 3 is 2.70 bits per heavy atom. The molecule has 0 bridgehead atoms. The first-order chi connectivity index (χ1) is 11.0. The molecule has 1 atom stereocenters. The van der Waals surface area contributed by atoms with Gasteiger partial charge in [0.1, 0.15) is 11.7 Å². The number of amides is 1. The highest BCUT2D eigenvalue weighted by molar-refractivity contribution is 5.95. The molecule has 0 radical (unpaired) electrons. The van der Waals surface area contributed by atoms with E-state index in [9.17, 15) is 10.1 Å². The minimum atomic E-state index is -0.748. The van der Waals surface area contributed by atoms with E-state index in [2.05, 4.69) is 11.4 Å². The van der Waals surface area contributed by atoms with Crippen LogP contribution in [0.4, 0.5) is 5.69 Å². The van der Waals surface area contributed by atoms with Crippen LogP contribution in [0.5, 0.6) is 5.75 Å². The van der Waals surface area contributed by atoms with Gasteiger partial charge in [0, 0.05) is 5.69 Å². The van der Waals surface area contributed by atoms with Crippen LogP contribution in [0.25, 0.3) is 0 Å². The van der Waals surface area contributed by atoms with Gasteiger partial charge in [-0.25, -0.2) is 0 Å². The van der Waals surface area contributed by atoms with Crippen molar-refractivity contribution in [1.29, 1.82) is 5.26 Å². The Labute approximate surface area is 136 Å². The number of nitriles is 1. The molecule has 4 nitrogen and oxygen atoms in total. The molecule has 0 saturated heterocycles. The van der Waals surface area contributed by atoms with Crippen molar-refractivity contribution in [1.82, 2.24) is 0 Å². The zero-order valence-corrected chi connectivity index (χ0v) is 13.6. The number of carbonyl (C=O) groups is 1. The summed E-state index contributed by atoms with van der Waals surface area (Å²) in [5.74, 6) is -0.319. The van der Waals surface area contributed by atoms with Crippen LogP contribution in [-0.4, -0.2) is 13.0 Å². The third-order valence-corrected chi connectivity index (χ3v) is 3.91. The number of ether oxygens (including phenoxy) is 1. The molecule has 2 aromatic carbocycles. The lowest BCUT2D eigenvalue weighted by Gasteiger charge is -2.13. The standard InChI is InChI=1S/C19H20N2O2/c1-13-6-4-9-18(14(13)2)21-19(22)16(12-20)10-15-7-5-8-17(11-15)23-3/h4-9,11,16H,10H2,1-3H3,(H,21,22). The Bertz CT molecular complexity index is 747. The fraction of sp³-hybridized carbons (Fsp3) is 0.263. The molecule has 1 N–H and O–H groups in total. The Hall–Kier alpha value is -2.80. The van der Waals surface area contributed by atoms with E-state index in [1.807, 2.05) is 56.3 Å². The average molecular weight is 308 g/mol. The van der Waals surface area contributed by atoms with Crippen LogP contribution in [0.15, 0.2) is 42.5 Å². The van der Waals surface area contributed by atoms with Crippen LogP contribution in [0.2, 0.25) is 0 Å². The van der Waals surface area contributed by atoms with Crippen LogP contribution in [0.3, 0.4) is 0 Å². The van der Waals surface area contributed by atoms with Gasteiger partial charge in [0.25, 0.3) is 0 Å². The monoisotopic (exact) mass is 308 g/mol. The van der Waals surface area contributed by atoms with Crippen molar-refractivity contribution in [2.45, 2.75) is 20.3 Å². The highest BCUT2D eigenvalue weighted by Crippen LogP contribution is 2.20. The van der Waals surface area contributed by atoms with Crippen molar-refractivity contribution in [2.24, 2.45) is 5.92 Å². The molecule has 0 aliphatic rings. The van der Waals surface area contributed by atoms with Crippen LogP contribution in [-0.2, 0) is 11.2 Å². The third kappa shape index (κ3) is 4.10. The number of nitrogens with zero attached hydrogens (tertiary/aromatic N) is 1. The number of hydrogen-bond acceptors (Lipinski definition) is 3. The van der Waals surface area contributed by atoms with Crippen LogP contribution in [0, 0.1) is 31.1 Å². The van der Waals surface area contributed by atoms with Gasteiger partial charge in [0.2, 0.25) is 5.91 Å². The molecule has 0 aromatic heterocycles. The van der Waals surface area contributed by atoms with Crippen molar-refractivity contribution >= 4 is 11.6 Å². The number of rotatable bonds is 5. The molecular weight excluding hydrogens is 288 g/mol. The van der Waals surface area contributed by atoms with Crippen molar-refractivity contribution in [3.8, 4) is 11.8 Å². The van der Waals surface area contributed by atoms with E-state index in [0.29, 0.717) is 12.2 Å². The molecule has 0 heterocycles. The lowest BCUT2D eigenvalue weighted by Crippen LogP contribution is -2.24. The predicted octanol–water partition coefficient (Wildman–Crippen LogP) is 3.63. The number of methoxy groups -OCH3 is 1. The van der Waals surface area contributed by atoms with Crippen LogP contribution in [0.1, 0.15) is 16.7 Å². The third-order valence-electron chi connectivity index (χ3n) is 3.91. The van der Waals surface area contributed by atoms with Gasteiger partial charge in [-0.1, -0.05) is 24.3 Å². The fourth-order valence-electron chi connectivity index (χ4n) is 2.34. The minimum Gasteiger partial charge on any atom is -0.497 e. The van der Waals surface area contributed by atoms with Gasteiger partial charge in [0.05, 0.1) is 13.2 Å². The summed E-state index contributed by atoms with van der Waals surface area (Å²) in [5.41, 5.74) is 3.76. The number of anilines is 1. The number of nitrogens with one attached hydrogen (secondary N) is 1. The summed E-state index contributed by atoms with van der Waals surface area (Å²) >= 11 is 0. The van der Waals surface area contributed by atoms with E-state index < -0.39 is 5.92 Å². The van der Waals surface area contributed by atoms with Crippen LogP contribution < -0.4 is 10.1 Å². The molecule has 1 amide bonds. The molecule has 23 heavy (non-hydrogen) atoms. The van der Waals surface area contributed by atoms with Gasteiger partial charge in [-0.2, -0.15) is 5.26 Å². The first-order valence-corrected chi connectivity index (χ1v) is 7.44. The molecule has 2 aromatic rings. The van der Waals surface area contributed by atoms with Gasteiger partial charge < -0.3 is 10.1 Å². The van der Waals surface area contributed by atoms with E-state index in [1.165, 1.54) is 0 Å². The Morgan fingerprint density at radius 2 is 2.00 bits per heavy atom. The maximum Gasteiger partial charge on any atom is 0.242 e. The van der Waals surface area contributed by atoms with Gasteiger partial charge in [-0.05, 0) is 55.2 Å². The van der Waals surface area contributed by atoms with Crippen molar-refractivity contribution in [3.05, 3.63) is 59.2 Å². The highest BCUT2D eigenvalue weighted by Gasteiger charge is 2.19. The van der Waals surface area contributed by atoms with Gasteiger partial charge >= 0.3 is 0 Å². The number of aryl methyl sites for hydroxylation is 1. The normalized spacial score (nSPS) is 11.4. The summed E-state index contributed by atoms with van der Waals surface area (Å²) < 4.78 is 5.17. The van der Waals surface area contributed by atoms with E-state index in [1.54, 1.807) is 7.11 Å². The average Bonchev–Trinajstić information content (AvgIpc) is 2.57. The molecule has 0 aliphatic heterocycles. The van der Waals surface area contributed by atoms with E-state index in [0.717, 1.165) is 22.4 Å². The highest BCUT2D eigenvalue weighted by atomic mass is 16.5. The zero-order chi connectivity index (χ0) is 16.8. The molecule has 0 spiro atoms. The minimum absolute atomic E-state index is 0.288. The van der Waals surface area contributed by atoms with Gasteiger partial charge in [-0.15, -0.1) is 0 Å². The summed E-state index contributed by atoms with van der Waals surface area (Å²) in [6.45, 7) is 3.94. The van der Waals surface area contributed by atoms with E-state index in [-0.39, 0.29) is 5.91 Å². The van der Waals surface area contributed by atoms with Crippen LogP contribution >= 0.6 is 0 Å². The topological polar surface area (TPSA) is 62.1 Å². The van der Waals surface area contributed by atoms with Gasteiger partial charge in [-0.3, -0.25) is 4.79 Å². The first kappa shape index (κ1) is 16.6. The quantitative estimate of drug-likeness (QED) is 0.917. The van der Waals surface area contributed by atoms with Gasteiger partial charge in [0.15, 0.2) is 0 Å². The molecule has 0 fully saturated rings. The second-order valence-corrected chi connectivity index (χ2v) is 5.47. The second-order valence-electron chi connectivity index (χ2n) is 5.47. The molecule has 0 aliphatic carbocycles. The fourth-order valence-corrected chi connectivity index (χ4v) is 2.34. The zero-order valence-electron chi connectivity index (χ0n) is 13.6. The molecule has 118 valence electrons. The van der Waals surface area contributed by atoms with E-state index >= 15 is 0 Å². The molecule has 1 unspecified atom stereocenters. The summed E-state index contributed by atoms with van der Waals surface area (Å²) in [4.78, 5) is 12.4. The summed E-state index contributed by atoms with van der Waals surface area (Å²) in [6, 6.07) is 15.2. The molecule has 2 rings (SSSR count). The largest absolute Gasteiger partial charge is 0.497 e. The summed E-state index contributed by atoms with van der Waals surface area (Å²) in [7, 11) is 1.59. The lowest BCUT2D eigenvalue weighted by atomic mass is 9.99. The summed E-state index contributed by atoms with van der Waals surface area (Å²) in [6.07, 6.45) is 0.352. The number of hydrogen-bond donors (Lipinski definition) is 1. The van der Waals surface area contributed by atoms with Crippen molar-refractivity contribution < 1.29 is 9.53 Å². The van der Waals surface area contributed by atoms with E-state index in [4.69, 9.17) is 4.74 Å². The number of benzene rings is 2. The molecular formula is C19H20N2O2. The number of carbonyl (C=O) groups excluding carboxylic acids is 1. The lowest BCUT2D eigenvalue weighted by molar-refractivity contribution is -0.118. The predicted molar refractivity (Wildman–Crippen MR) is 90.3 cm³/mol. The Kier molecular flexibility index (Phi) is 5.37. The first-order valence-electron chi connectivity index (χ1n) is 7.44. The Morgan fingerprint density at radius 1 is 1.26 bits per heavy atom. The maximum absolute atomic E-state index is 12.4. The smallest absolute Gasteiger partial charge is 0.242 e. The van der Waals surface area contributed by atoms with Crippen molar-refractivity contribution in [3.63, 3.8) is 0 Å². The second kappa shape index (κ2) is 7.46.